The van der Waals surface area contributed by atoms with Gasteiger partial charge in [0.25, 0.3) is 5.92 Å². The van der Waals surface area contributed by atoms with E-state index >= 15 is 0 Å². The van der Waals surface area contributed by atoms with Gasteiger partial charge in [-0.1, -0.05) is 0 Å². The first-order chi connectivity index (χ1) is 6.64. The van der Waals surface area contributed by atoms with Crippen molar-refractivity contribution in [2.75, 3.05) is 26.2 Å². The Labute approximate surface area is 82.9 Å². The number of alkyl halides is 2. The summed E-state index contributed by atoms with van der Waals surface area (Å²) < 4.78 is 26.9. The van der Waals surface area contributed by atoms with Crippen molar-refractivity contribution in [2.45, 2.75) is 25.2 Å². The molecule has 14 heavy (non-hydrogen) atoms. The summed E-state index contributed by atoms with van der Waals surface area (Å²) in [6.07, 6.45) is 2.05. The lowest BCUT2D eigenvalue weighted by atomic mass is 9.94. The molecule has 1 heterocycles. The second-order valence-electron chi connectivity index (χ2n) is 4.48. The zero-order valence-corrected chi connectivity index (χ0v) is 8.25. The van der Waals surface area contributed by atoms with Crippen molar-refractivity contribution >= 4 is 0 Å². The predicted molar refractivity (Wildman–Crippen MR) is 49.3 cm³/mol. The topological polar surface area (TPSA) is 23.5 Å². The Morgan fingerprint density at radius 2 is 1.79 bits per heavy atom. The maximum atomic E-state index is 13.5. The van der Waals surface area contributed by atoms with Crippen molar-refractivity contribution < 1.29 is 13.9 Å². The van der Waals surface area contributed by atoms with Gasteiger partial charge in [-0.15, -0.1) is 0 Å². The summed E-state index contributed by atoms with van der Waals surface area (Å²) in [5, 5.41) is 8.67. The van der Waals surface area contributed by atoms with Gasteiger partial charge in [-0.3, -0.25) is 0 Å². The number of aliphatic hydroxyl groups is 1. The van der Waals surface area contributed by atoms with Gasteiger partial charge in [-0.05, 0) is 19.3 Å². The van der Waals surface area contributed by atoms with Crippen molar-refractivity contribution in [3.8, 4) is 0 Å². The van der Waals surface area contributed by atoms with Crippen molar-refractivity contribution in [3.63, 3.8) is 0 Å². The van der Waals surface area contributed by atoms with Crippen molar-refractivity contribution in [1.82, 2.24) is 4.90 Å². The largest absolute Gasteiger partial charge is 0.396 e. The number of likely N-dealkylation sites (tertiary alicyclic amines) is 1. The van der Waals surface area contributed by atoms with Crippen molar-refractivity contribution in [3.05, 3.63) is 0 Å². The van der Waals surface area contributed by atoms with E-state index in [1.165, 1.54) is 0 Å². The number of halogens is 2. The zero-order valence-electron chi connectivity index (χ0n) is 8.25. The van der Waals surface area contributed by atoms with E-state index < -0.39 is 17.8 Å². The van der Waals surface area contributed by atoms with Gasteiger partial charge in [0.15, 0.2) is 0 Å². The van der Waals surface area contributed by atoms with Gasteiger partial charge in [0.2, 0.25) is 0 Å². The van der Waals surface area contributed by atoms with Crippen LogP contribution in [0, 0.1) is 11.8 Å². The Balaban J connectivity index is 1.93. The molecular formula is C10H17F2NO. The maximum Gasteiger partial charge on any atom is 0.256 e. The molecular weight excluding hydrogens is 188 g/mol. The summed E-state index contributed by atoms with van der Waals surface area (Å²) in [4.78, 5) is 2.08. The molecule has 2 atom stereocenters. The van der Waals surface area contributed by atoms with E-state index in [0.29, 0.717) is 32.4 Å². The van der Waals surface area contributed by atoms with Gasteiger partial charge >= 0.3 is 0 Å². The molecule has 2 nitrogen and oxygen atoms in total. The number of hydrogen-bond acceptors (Lipinski definition) is 2. The van der Waals surface area contributed by atoms with Crippen LogP contribution in [0.25, 0.3) is 0 Å². The maximum absolute atomic E-state index is 13.5. The highest BCUT2D eigenvalue weighted by Crippen LogP contribution is 2.48. The van der Waals surface area contributed by atoms with Crippen LogP contribution in [0.5, 0.6) is 0 Å². The lowest BCUT2D eigenvalue weighted by Gasteiger charge is -2.37. The smallest absolute Gasteiger partial charge is 0.256 e. The third kappa shape index (κ3) is 1.65. The number of aliphatic hydroxyl groups excluding tert-OH is 1. The second-order valence-corrected chi connectivity index (χ2v) is 4.48. The molecule has 2 rings (SSSR count). The molecule has 0 amide bonds. The molecule has 0 aromatic rings. The van der Waals surface area contributed by atoms with E-state index in [4.69, 9.17) is 5.11 Å². The normalized spacial score (nSPS) is 36.2. The highest BCUT2D eigenvalue weighted by Gasteiger charge is 2.55. The van der Waals surface area contributed by atoms with Crippen molar-refractivity contribution in [2.24, 2.45) is 11.8 Å². The van der Waals surface area contributed by atoms with Crippen LogP contribution >= 0.6 is 0 Å². The standard InChI is InChI=1S/C10H17F2NO/c11-10(12)8-2-3-9(10)7-13(6-8)4-1-5-14/h8-9,14H,1-7H2. The molecule has 1 aliphatic heterocycles. The van der Waals surface area contributed by atoms with Crippen LogP contribution < -0.4 is 0 Å². The average Bonchev–Trinajstić information content (AvgIpc) is 2.40. The fraction of sp³-hybridized carbons (Fsp3) is 1.00. The molecule has 0 spiro atoms. The van der Waals surface area contributed by atoms with Crippen LogP contribution in [-0.2, 0) is 0 Å². The lowest BCUT2D eigenvalue weighted by molar-refractivity contribution is -0.117. The Kier molecular flexibility index (Phi) is 2.75. The fourth-order valence-electron chi connectivity index (χ4n) is 2.72. The first-order valence-electron chi connectivity index (χ1n) is 5.35. The Hall–Kier alpha value is -0.220. The molecule has 82 valence electrons. The monoisotopic (exact) mass is 205 g/mol. The van der Waals surface area contributed by atoms with Crippen molar-refractivity contribution in [1.29, 1.82) is 0 Å². The molecule has 1 N–H and O–H groups in total. The fourth-order valence-corrected chi connectivity index (χ4v) is 2.72. The molecule has 1 saturated carbocycles. The summed E-state index contributed by atoms with van der Waals surface area (Å²) in [5.41, 5.74) is 0. The summed E-state index contributed by atoms with van der Waals surface area (Å²) in [7, 11) is 0. The van der Waals surface area contributed by atoms with E-state index in [9.17, 15) is 8.78 Å². The third-order valence-electron chi connectivity index (χ3n) is 3.54. The first kappa shape index (κ1) is 10.3. The summed E-state index contributed by atoms with van der Waals surface area (Å²) >= 11 is 0. The van der Waals surface area contributed by atoms with E-state index in [1.54, 1.807) is 0 Å². The zero-order chi connectivity index (χ0) is 10.2. The lowest BCUT2D eigenvalue weighted by Crippen LogP contribution is -2.49. The molecule has 2 fully saturated rings. The molecule has 0 aromatic heterocycles. The average molecular weight is 205 g/mol. The van der Waals surface area contributed by atoms with Crippen LogP contribution in [0.15, 0.2) is 0 Å². The van der Waals surface area contributed by atoms with Crippen LogP contribution in [0.3, 0.4) is 0 Å². The SMILES string of the molecule is OCCCN1CC2CCC(C1)C2(F)F. The van der Waals surface area contributed by atoms with E-state index in [2.05, 4.69) is 4.90 Å². The number of piperidine rings is 1. The minimum Gasteiger partial charge on any atom is -0.396 e. The molecule has 0 radical (unpaired) electrons. The number of nitrogens with zero attached hydrogens (tertiary/aromatic N) is 1. The number of rotatable bonds is 3. The van der Waals surface area contributed by atoms with Gasteiger partial charge < -0.3 is 10.0 Å². The van der Waals surface area contributed by atoms with Gasteiger partial charge in [0.05, 0.1) is 0 Å². The molecule has 1 saturated heterocycles. The quantitative estimate of drug-likeness (QED) is 0.751. The van der Waals surface area contributed by atoms with E-state index in [0.717, 1.165) is 6.54 Å². The molecule has 1 aliphatic carbocycles. The second kappa shape index (κ2) is 3.74. The van der Waals surface area contributed by atoms with Crippen LogP contribution in [0.2, 0.25) is 0 Å². The van der Waals surface area contributed by atoms with Crippen LogP contribution in [0.1, 0.15) is 19.3 Å². The van der Waals surface area contributed by atoms with Crippen LogP contribution in [-0.4, -0.2) is 42.2 Å². The third-order valence-corrected chi connectivity index (χ3v) is 3.54. The van der Waals surface area contributed by atoms with E-state index in [-0.39, 0.29) is 6.61 Å². The molecule has 2 aliphatic rings. The molecule has 2 unspecified atom stereocenters. The summed E-state index contributed by atoms with van der Waals surface area (Å²) in [6.45, 7) is 1.95. The first-order valence-corrected chi connectivity index (χ1v) is 5.35. The molecule has 4 heteroatoms. The van der Waals surface area contributed by atoms with Gasteiger partial charge in [0.1, 0.15) is 0 Å². The molecule has 0 aromatic carbocycles. The number of hydrogen-bond donors (Lipinski definition) is 1. The molecule has 2 bridgehead atoms. The van der Waals surface area contributed by atoms with Gasteiger partial charge in [-0.2, -0.15) is 0 Å². The number of fused-ring (bicyclic) bond motifs is 2. The minimum atomic E-state index is -2.42. The predicted octanol–water partition coefficient (Wildman–Crippen LogP) is 1.35. The van der Waals surface area contributed by atoms with Gasteiger partial charge in [0, 0.05) is 38.1 Å². The Morgan fingerprint density at radius 3 is 2.29 bits per heavy atom. The minimum absolute atomic E-state index is 0.155. The Bertz CT molecular complexity index is 194. The van der Waals surface area contributed by atoms with Crippen LogP contribution in [0.4, 0.5) is 8.78 Å². The highest BCUT2D eigenvalue weighted by atomic mass is 19.3. The summed E-state index contributed by atoms with van der Waals surface area (Å²) in [5.74, 6) is -3.28. The van der Waals surface area contributed by atoms with E-state index in [1.807, 2.05) is 0 Å². The highest BCUT2D eigenvalue weighted by molar-refractivity contribution is 4.98. The Morgan fingerprint density at radius 1 is 1.21 bits per heavy atom. The van der Waals surface area contributed by atoms with Gasteiger partial charge in [-0.25, -0.2) is 8.78 Å². The summed E-state index contributed by atoms with van der Waals surface area (Å²) in [6, 6.07) is 0.